The van der Waals surface area contributed by atoms with Crippen molar-refractivity contribution in [3.63, 3.8) is 0 Å². The van der Waals surface area contributed by atoms with Crippen LogP contribution in [0.3, 0.4) is 0 Å². The second-order valence-electron chi connectivity index (χ2n) is 6.66. The summed E-state index contributed by atoms with van der Waals surface area (Å²) in [5.74, 6) is -1.21. The van der Waals surface area contributed by atoms with Crippen LogP contribution >= 0.6 is 11.6 Å². The highest BCUT2D eigenvalue weighted by Gasteiger charge is 2.17. The van der Waals surface area contributed by atoms with Crippen LogP contribution in [0.1, 0.15) is 17.4 Å². The molecule has 2 heterocycles. The van der Waals surface area contributed by atoms with Crippen molar-refractivity contribution in [1.29, 1.82) is 0 Å². The average molecular weight is 454 g/mol. The fourth-order valence-corrected chi connectivity index (χ4v) is 3.18. The van der Waals surface area contributed by atoms with Crippen LogP contribution in [0.25, 0.3) is 22.3 Å². The number of amides is 2. The van der Waals surface area contributed by atoms with Gasteiger partial charge in [0.25, 0.3) is 11.8 Å². The number of fused-ring (bicyclic) bond motifs is 1. The van der Waals surface area contributed by atoms with Crippen molar-refractivity contribution in [2.75, 3.05) is 17.2 Å². The van der Waals surface area contributed by atoms with Crippen LogP contribution in [0.2, 0.25) is 5.02 Å². The van der Waals surface area contributed by atoms with E-state index in [0.717, 1.165) is 0 Å². The Labute approximate surface area is 185 Å². The number of benzene rings is 2. The molecule has 2 aromatic carbocycles. The molecule has 0 aliphatic carbocycles. The molecule has 0 bridgehead atoms. The minimum Gasteiger partial charge on any atom is -0.456 e. The van der Waals surface area contributed by atoms with Gasteiger partial charge < -0.3 is 20.4 Å². The van der Waals surface area contributed by atoms with Gasteiger partial charge in [0, 0.05) is 22.9 Å². The normalized spacial score (nSPS) is 10.7. The van der Waals surface area contributed by atoms with Gasteiger partial charge in [-0.1, -0.05) is 23.7 Å². The first-order valence-electron chi connectivity index (χ1n) is 9.30. The third-order valence-corrected chi connectivity index (χ3v) is 4.63. The average Bonchev–Trinajstić information content (AvgIpc) is 3.44. The molecule has 2 aromatic heterocycles. The first-order valence-corrected chi connectivity index (χ1v) is 9.68. The number of ether oxygens (including phenoxy) is 1. The van der Waals surface area contributed by atoms with Crippen molar-refractivity contribution in [3.8, 4) is 11.4 Å². The molecule has 0 saturated carbocycles. The van der Waals surface area contributed by atoms with E-state index in [1.807, 2.05) is 0 Å². The largest absolute Gasteiger partial charge is 0.456 e. The van der Waals surface area contributed by atoms with Crippen molar-refractivity contribution >= 4 is 51.7 Å². The summed E-state index contributed by atoms with van der Waals surface area (Å²) in [5.41, 5.74) is 2.18. The van der Waals surface area contributed by atoms with Crippen LogP contribution in [0, 0.1) is 0 Å². The number of carbonyl (C=O) groups is 3. The van der Waals surface area contributed by atoms with Gasteiger partial charge in [-0.25, -0.2) is 0 Å². The van der Waals surface area contributed by atoms with E-state index in [1.165, 1.54) is 6.92 Å². The first-order chi connectivity index (χ1) is 15.4. The highest BCUT2D eigenvalue weighted by Crippen LogP contribution is 2.29. The number of halogens is 1. The fourth-order valence-electron chi connectivity index (χ4n) is 3.01. The quantitative estimate of drug-likeness (QED) is 0.327. The molecule has 0 spiro atoms. The lowest BCUT2D eigenvalue weighted by atomic mass is 10.1. The standard InChI is InChI=1S/C20H16ClN7O4/c1-10(29)32-9-17(30)22-15-4-2-3-11-7-16(23-18(11)15)20(31)24-14-6-5-12(21)8-13(14)19-25-27-28-26-19/h2-8,23H,9H2,1H3,(H,22,30)(H,24,31)(H,25,26,27,28). The number of carbonyl (C=O) groups excluding carboxylic acids is 3. The molecule has 0 saturated heterocycles. The number of nitrogens with zero attached hydrogens (tertiary/aromatic N) is 3. The van der Waals surface area contributed by atoms with Gasteiger partial charge in [-0.15, -0.1) is 10.2 Å². The second kappa shape index (κ2) is 8.86. The Kier molecular flexibility index (Phi) is 5.81. The van der Waals surface area contributed by atoms with E-state index >= 15 is 0 Å². The molecule has 0 aliphatic rings. The Morgan fingerprint density at radius 2 is 1.94 bits per heavy atom. The zero-order chi connectivity index (χ0) is 22.7. The van der Waals surface area contributed by atoms with Crippen LogP contribution in [0.4, 0.5) is 11.4 Å². The van der Waals surface area contributed by atoms with Crippen LogP contribution in [-0.2, 0) is 14.3 Å². The van der Waals surface area contributed by atoms with Crippen LogP contribution < -0.4 is 10.6 Å². The van der Waals surface area contributed by atoms with Crippen molar-refractivity contribution in [2.24, 2.45) is 0 Å². The maximum Gasteiger partial charge on any atom is 0.303 e. The van der Waals surface area contributed by atoms with Gasteiger partial charge in [-0.3, -0.25) is 14.4 Å². The third-order valence-electron chi connectivity index (χ3n) is 4.40. The molecule has 0 unspecified atom stereocenters. The van der Waals surface area contributed by atoms with E-state index in [2.05, 4.69) is 36.2 Å². The van der Waals surface area contributed by atoms with Gasteiger partial charge in [0.2, 0.25) is 5.82 Å². The topological polar surface area (TPSA) is 155 Å². The molecular weight excluding hydrogens is 438 g/mol. The number of aromatic nitrogens is 5. The van der Waals surface area contributed by atoms with Crippen molar-refractivity contribution in [3.05, 3.63) is 53.2 Å². The lowest BCUT2D eigenvalue weighted by molar-refractivity contribution is -0.144. The monoisotopic (exact) mass is 453 g/mol. The van der Waals surface area contributed by atoms with Gasteiger partial charge in [0.1, 0.15) is 5.69 Å². The van der Waals surface area contributed by atoms with Gasteiger partial charge in [-0.05, 0) is 35.5 Å². The van der Waals surface area contributed by atoms with E-state index < -0.39 is 24.4 Å². The lowest BCUT2D eigenvalue weighted by Gasteiger charge is -2.08. The number of hydrogen-bond donors (Lipinski definition) is 4. The minimum absolute atomic E-state index is 0.260. The SMILES string of the molecule is CC(=O)OCC(=O)Nc1cccc2cc(C(=O)Nc3ccc(Cl)cc3-c3nn[nH]n3)[nH]c12. The van der Waals surface area contributed by atoms with E-state index in [0.29, 0.717) is 32.9 Å². The number of esters is 1. The molecule has 162 valence electrons. The second-order valence-corrected chi connectivity index (χ2v) is 7.10. The predicted octanol–water partition coefficient (Wildman–Crippen LogP) is 2.76. The van der Waals surface area contributed by atoms with E-state index in [-0.39, 0.29) is 11.5 Å². The Bertz CT molecular complexity index is 1320. The first kappa shape index (κ1) is 21.0. The summed E-state index contributed by atoms with van der Waals surface area (Å²) >= 11 is 6.07. The zero-order valence-corrected chi connectivity index (χ0v) is 17.4. The predicted molar refractivity (Wildman–Crippen MR) is 116 cm³/mol. The van der Waals surface area contributed by atoms with Crippen molar-refractivity contribution in [1.82, 2.24) is 25.6 Å². The van der Waals surface area contributed by atoms with Crippen LogP contribution in [-0.4, -0.2) is 50.0 Å². The van der Waals surface area contributed by atoms with Gasteiger partial charge >= 0.3 is 5.97 Å². The van der Waals surface area contributed by atoms with Gasteiger partial charge in [-0.2, -0.15) is 5.21 Å². The van der Waals surface area contributed by atoms with E-state index in [4.69, 9.17) is 16.3 Å². The molecule has 0 fully saturated rings. The molecule has 4 N–H and O–H groups in total. The van der Waals surface area contributed by atoms with Crippen molar-refractivity contribution < 1.29 is 19.1 Å². The summed E-state index contributed by atoms with van der Waals surface area (Å²) in [4.78, 5) is 38.8. The van der Waals surface area contributed by atoms with Crippen LogP contribution in [0.5, 0.6) is 0 Å². The lowest BCUT2D eigenvalue weighted by Crippen LogP contribution is -2.20. The summed E-state index contributed by atoms with van der Waals surface area (Å²) in [7, 11) is 0. The minimum atomic E-state index is -0.556. The summed E-state index contributed by atoms with van der Waals surface area (Å²) in [6.07, 6.45) is 0. The molecule has 0 radical (unpaired) electrons. The van der Waals surface area contributed by atoms with E-state index in [9.17, 15) is 14.4 Å². The number of para-hydroxylation sites is 1. The fraction of sp³-hybridized carbons (Fsp3) is 0.100. The Balaban J connectivity index is 1.58. The summed E-state index contributed by atoms with van der Waals surface area (Å²) in [6, 6.07) is 11.7. The number of H-pyrrole nitrogens is 2. The molecule has 4 rings (SSSR count). The summed E-state index contributed by atoms with van der Waals surface area (Å²) < 4.78 is 4.70. The maximum absolute atomic E-state index is 12.9. The molecule has 11 nitrogen and oxygen atoms in total. The Morgan fingerprint density at radius 1 is 1.09 bits per heavy atom. The van der Waals surface area contributed by atoms with Crippen LogP contribution in [0.15, 0.2) is 42.5 Å². The zero-order valence-electron chi connectivity index (χ0n) is 16.6. The molecule has 32 heavy (non-hydrogen) atoms. The number of tetrazole rings is 1. The number of hydrogen-bond acceptors (Lipinski definition) is 7. The van der Waals surface area contributed by atoms with Gasteiger partial charge in [0.15, 0.2) is 6.61 Å². The molecule has 0 atom stereocenters. The smallest absolute Gasteiger partial charge is 0.303 e. The number of nitrogens with one attached hydrogen (secondary N) is 4. The van der Waals surface area contributed by atoms with Crippen molar-refractivity contribution in [2.45, 2.75) is 6.92 Å². The number of rotatable bonds is 6. The maximum atomic E-state index is 12.9. The molecule has 4 aromatic rings. The van der Waals surface area contributed by atoms with E-state index in [1.54, 1.807) is 42.5 Å². The molecule has 12 heteroatoms. The highest BCUT2D eigenvalue weighted by atomic mass is 35.5. The Morgan fingerprint density at radius 3 is 2.69 bits per heavy atom. The highest BCUT2D eigenvalue weighted by molar-refractivity contribution is 6.31. The molecule has 0 aliphatic heterocycles. The molecular formula is C20H16ClN7O4. The number of anilines is 2. The molecule has 2 amide bonds. The summed E-state index contributed by atoms with van der Waals surface area (Å²) in [6.45, 7) is 0.809. The Hall–Kier alpha value is -4.25. The third kappa shape index (κ3) is 4.57. The van der Waals surface area contributed by atoms with Gasteiger partial charge in [0.05, 0.1) is 16.9 Å². The number of aromatic amines is 2. The summed E-state index contributed by atoms with van der Waals surface area (Å²) in [5, 5.41) is 20.4.